The fourth-order valence-electron chi connectivity index (χ4n) is 2.02. The number of aromatic nitrogens is 3. The zero-order chi connectivity index (χ0) is 14.5. The second-order valence-electron chi connectivity index (χ2n) is 4.99. The second kappa shape index (κ2) is 6.97. The van der Waals surface area contributed by atoms with Crippen LogP contribution < -0.4 is 0 Å². The summed E-state index contributed by atoms with van der Waals surface area (Å²) in [5, 5.41) is 3.26. The molecule has 2 aromatic rings. The molecule has 0 saturated heterocycles. The van der Waals surface area contributed by atoms with E-state index >= 15 is 0 Å². The van der Waals surface area contributed by atoms with Crippen molar-refractivity contribution in [1.82, 2.24) is 19.4 Å². The minimum atomic E-state index is 0.305. The Bertz CT molecular complexity index is 537. The summed E-state index contributed by atoms with van der Waals surface area (Å²) in [4.78, 5) is 11.1. The summed E-state index contributed by atoms with van der Waals surface area (Å²) in [7, 11) is 3.84. The van der Waals surface area contributed by atoms with E-state index in [0.29, 0.717) is 12.6 Å². The van der Waals surface area contributed by atoms with Crippen LogP contribution in [0.1, 0.15) is 29.4 Å². The van der Waals surface area contributed by atoms with Crippen LogP contribution in [-0.4, -0.2) is 40.2 Å². The second-order valence-corrected chi connectivity index (χ2v) is 5.88. The Labute approximate surface area is 124 Å². The van der Waals surface area contributed by atoms with E-state index in [1.54, 1.807) is 18.4 Å². The molecule has 0 saturated carbocycles. The molecule has 0 spiro atoms. The molecule has 2 rings (SSSR count). The Morgan fingerprint density at radius 2 is 2.30 bits per heavy atom. The summed E-state index contributed by atoms with van der Waals surface area (Å²) in [6, 6.07) is 0.305. The summed E-state index contributed by atoms with van der Waals surface area (Å²) < 4.78 is 7.26. The molecule has 6 heteroatoms. The third kappa shape index (κ3) is 3.65. The lowest BCUT2D eigenvalue weighted by molar-refractivity contribution is 0.183. The van der Waals surface area contributed by atoms with Crippen molar-refractivity contribution in [1.29, 1.82) is 0 Å². The van der Waals surface area contributed by atoms with E-state index in [4.69, 9.17) is 4.74 Å². The molecule has 0 fully saturated rings. The highest BCUT2D eigenvalue weighted by atomic mass is 32.1. The van der Waals surface area contributed by atoms with Crippen molar-refractivity contribution >= 4 is 11.3 Å². The van der Waals surface area contributed by atoms with Gasteiger partial charge in [-0.25, -0.2) is 9.97 Å². The minimum absolute atomic E-state index is 0.305. The molecular formula is C14H22N4OS. The highest BCUT2D eigenvalue weighted by Crippen LogP contribution is 2.23. The lowest BCUT2D eigenvalue weighted by atomic mass is 10.3. The van der Waals surface area contributed by atoms with Crippen molar-refractivity contribution in [2.24, 2.45) is 0 Å². The van der Waals surface area contributed by atoms with Gasteiger partial charge in [-0.3, -0.25) is 4.90 Å². The van der Waals surface area contributed by atoms with Crippen LogP contribution >= 0.6 is 11.3 Å². The van der Waals surface area contributed by atoms with Crippen molar-refractivity contribution in [3.63, 3.8) is 0 Å². The molecule has 0 bridgehead atoms. The maximum Gasteiger partial charge on any atom is 0.110 e. The number of ether oxygens (including phenoxy) is 1. The maximum atomic E-state index is 5.12. The quantitative estimate of drug-likeness (QED) is 0.787. The molecule has 2 aromatic heterocycles. The third-order valence-corrected chi connectivity index (χ3v) is 4.53. The fraction of sp³-hybridized carbons (Fsp3) is 0.571. The Hall–Kier alpha value is -1.24. The molecule has 110 valence electrons. The van der Waals surface area contributed by atoms with Crippen LogP contribution in [0.5, 0.6) is 0 Å². The predicted molar refractivity (Wildman–Crippen MR) is 80.8 cm³/mol. The van der Waals surface area contributed by atoms with Crippen LogP contribution in [0.4, 0.5) is 0 Å². The summed E-state index contributed by atoms with van der Waals surface area (Å²) >= 11 is 1.72. The van der Waals surface area contributed by atoms with Crippen molar-refractivity contribution in [3.8, 4) is 0 Å². The smallest absolute Gasteiger partial charge is 0.110 e. The Balaban J connectivity index is 2.00. The molecular weight excluding hydrogens is 272 g/mol. The van der Waals surface area contributed by atoms with Gasteiger partial charge in [-0.2, -0.15) is 0 Å². The van der Waals surface area contributed by atoms with E-state index in [2.05, 4.69) is 38.8 Å². The van der Waals surface area contributed by atoms with Crippen LogP contribution in [0.15, 0.2) is 17.9 Å². The Morgan fingerprint density at radius 3 is 2.95 bits per heavy atom. The van der Waals surface area contributed by atoms with Crippen molar-refractivity contribution < 1.29 is 4.74 Å². The van der Waals surface area contributed by atoms with Gasteiger partial charge in [0.15, 0.2) is 0 Å². The molecule has 0 aliphatic carbocycles. The molecule has 0 unspecified atom stereocenters. The van der Waals surface area contributed by atoms with E-state index < -0.39 is 0 Å². The van der Waals surface area contributed by atoms with Gasteiger partial charge in [0.25, 0.3) is 0 Å². The number of methoxy groups -OCH3 is 1. The Kier molecular flexibility index (Phi) is 5.28. The fourth-order valence-corrected chi connectivity index (χ4v) is 2.93. The van der Waals surface area contributed by atoms with Gasteiger partial charge in [0, 0.05) is 37.5 Å². The molecule has 20 heavy (non-hydrogen) atoms. The lowest BCUT2D eigenvalue weighted by Gasteiger charge is -2.23. The van der Waals surface area contributed by atoms with Gasteiger partial charge in [0.1, 0.15) is 5.01 Å². The van der Waals surface area contributed by atoms with E-state index in [1.807, 2.05) is 19.4 Å². The molecule has 0 aromatic carbocycles. The summed E-state index contributed by atoms with van der Waals surface area (Å²) in [5.74, 6) is 0. The monoisotopic (exact) mass is 294 g/mol. The van der Waals surface area contributed by atoms with Gasteiger partial charge >= 0.3 is 0 Å². The molecule has 0 radical (unpaired) electrons. The van der Waals surface area contributed by atoms with Crippen LogP contribution in [0.25, 0.3) is 0 Å². The minimum Gasteiger partial charge on any atom is -0.383 e. The van der Waals surface area contributed by atoms with Crippen molar-refractivity contribution in [2.45, 2.75) is 33.0 Å². The van der Waals surface area contributed by atoms with Crippen LogP contribution in [0, 0.1) is 6.92 Å². The number of rotatable bonds is 7. The maximum absolute atomic E-state index is 5.12. The number of thiazole rings is 1. The standard InChI is InChI=1S/C14H22N4OS/c1-11-9-20-14(16-11)12(2)17(3)8-13-7-15-10-18(13)5-6-19-4/h7,9-10,12H,5-6,8H2,1-4H3/t12-/m1/s1. The SMILES string of the molecule is COCCn1cncc1CN(C)[C@H](C)c1nc(C)cs1. The molecule has 2 heterocycles. The first kappa shape index (κ1) is 15.2. The highest BCUT2D eigenvalue weighted by molar-refractivity contribution is 7.09. The van der Waals surface area contributed by atoms with Crippen molar-refractivity contribution in [2.75, 3.05) is 20.8 Å². The largest absolute Gasteiger partial charge is 0.383 e. The molecule has 0 aliphatic rings. The average Bonchev–Trinajstić information content (AvgIpc) is 3.04. The number of nitrogens with zero attached hydrogens (tertiary/aromatic N) is 4. The average molecular weight is 294 g/mol. The van der Waals surface area contributed by atoms with Gasteiger partial charge in [-0.05, 0) is 20.9 Å². The zero-order valence-electron chi connectivity index (χ0n) is 12.5. The van der Waals surface area contributed by atoms with Crippen LogP contribution in [0.3, 0.4) is 0 Å². The number of aryl methyl sites for hydroxylation is 1. The van der Waals surface area contributed by atoms with Gasteiger partial charge < -0.3 is 9.30 Å². The van der Waals surface area contributed by atoms with E-state index in [9.17, 15) is 0 Å². The van der Waals surface area contributed by atoms with E-state index in [1.165, 1.54) is 5.69 Å². The third-order valence-electron chi connectivity index (χ3n) is 3.40. The first-order valence-electron chi connectivity index (χ1n) is 6.72. The first-order valence-corrected chi connectivity index (χ1v) is 7.60. The molecule has 1 atom stereocenters. The normalized spacial score (nSPS) is 13.1. The van der Waals surface area contributed by atoms with Gasteiger partial charge in [-0.15, -0.1) is 11.3 Å². The Morgan fingerprint density at radius 1 is 1.50 bits per heavy atom. The van der Waals surface area contributed by atoms with Crippen molar-refractivity contribution in [3.05, 3.63) is 34.3 Å². The first-order chi connectivity index (χ1) is 9.61. The predicted octanol–water partition coefficient (Wildman–Crippen LogP) is 2.49. The topological polar surface area (TPSA) is 43.2 Å². The summed E-state index contributed by atoms with van der Waals surface area (Å²) in [6.45, 7) is 6.61. The lowest BCUT2D eigenvalue weighted by Crippen LogP contribution is -2.23. The molecule has 0 amide bonds. The molecule has 0 N–H and O–H groups in total. The zero-order valence-corrected chi connectivity index (χ0v) is 13.4. The van der Waals surface area contributed by atoms with E-state index in [0.717, 1.165) is 23.8 Å². The van der Waals surface area contributed by atoms with Crippen LogP contribution in [0.2, 0.25) is 0 Å². The van der Waals surface area contributed by atoms with Gasteiger partial charge in [0.05, 0.1) is 24.7 Å². The van der Waals surface area contributed by atoms with Gasteiger partial charge in [0.2, 0.25) is 0 Å². The number of hydrogen-bond acceptors (Lipinski definition) is 5. The number of imidazole rings is 1. The van der Waals surface area contributed by atoms with E-state index in [-0.39, 0.29) is 0 Å². The summed E-state index contributed by atoms with van der Waals surface area (Å²) in [5.41, 5.74) is 2.29. The highest BCUT2D eigenvalue weighted by Gasteiger charge is 2.16. The molecule has 0 aliphatic heterocycles. The number of hydrogen-bond donors (Lipinski definition) is 0. The molecule has 5 nitrogen and oxygen atoms in total. The summed E-state index contributed by atoms with van der Waals surface area (Å²) in [6.07, 6.45) is 3.78. The van der Waals surface area contributed by atoms with Crippen LogP contribution in [-0.2, 0) is 17.8 Å². The van der Waals surface area contributed by atoms with Gasteiger partial charge in [-0.1, -0.05) is 0 Å².